The van der Waals surface area contributed by atoms with Crippen molar-refractivity contribution in [3.05, 3.63) is 24.2 Å². The standard InChI is InChI=1S/C12H21N3O2/c1-14(2)12(16)6-11(7-13)15(3)8-10-4-5-17-9-10/h4-5,9,11H,6-8,13H2,1-3H3. The Morgan fingerprint density at radius 2 is 2.18 bits per heavy atom. The van der Waals surface area contributed by atoms with Crippen LogP contribution in [0.15, 0.2) is 23.0 Å². The van der Waals surface area contributed by atoms with Crippen molar-refractivity contribution in [3.8, 4) is 0 Å². The van der Waals surface area contributed by atoms with Crippen LogP contribution in [0.2, 0.25) is 0 Å². The summed E-state index contributed by atoms with van der Waals surface area (Å²) in [5, 5.41) is 0. The van der Waals surface area contributed by atoms with Crippen LogP contribution < -0.4 is 5.73 Å². The number of carbonyl (C=O) groups excluding carboxylic acids is 1. The number of furan rings is 1. The van der Waals surface area contributed by atoms with Gasteiger partial charge in [0.05, 0.1) is 12.5 Å². The van der Waals surface area contributed by atoms with Crippen molar-refractivity contribution < 1.29 is 9.21 Å². The Morgan fingerprint density at radius 3 is 2.65 bits per heavy atom. The Labute approximate surface area is 102 Å². The van der Waals surface area contributed by atoms with E-state index in [-0.39, 0.29) is 11.9 Å². The molecule has 96 valence electrons. The van der Waals surface area contributed by atoms with Crippen LogP contribution in [-0.4, -0.2) is 49.4 Å². The van der Waals surface area contributed by atoms with E-state index in [4.69, 9.17) is 10.2 Å². The van der Waals surface area contributed by atoms with Crippen LogP contribution in [0.1, 0.15) is 12.0 Å². The largest absolute Gasteiger partial charge is 0.472 e. The summed E-state index contributed by atoms with van der Waals surface area (Å²) in [6.07, 6.45) is 3.79. The van der Waals surface area contributed by atoms with Crippen LogP contribution >= 0.6 is 0 Å². The maximum absolute atomic E-state index is 11.6. The Kier molecular flexibility index (Phi) is 5.18. The molecule has 0 radical (unpaired) electrons. The number of carbonyl (C=O) groups is 1. The summed E-state index contributed by atoms with van der Waals surface area (Å²) in [5.41, 5.74) is 6.80. The van der Waals surface area contributed by atoms with Crippen LogP contribution in [0.4, 0.5) is 0 Å². The average molecular weight is 239 g/mol. The quantitative estimate of drug-likeness (QED) is 0.786. The second kappa shape index (κ2) is 6.42. The molecule has 2 N–H and O–H groups in total. The van der Waals surface area contributed by atoms with Gasteiger partial charge in [0, 0.05) is 45.2 Å². The van der Waals surface area contributed by atoms with Crippen LogP contribution in [0.25, 0.3) is 0 Å². The Morgan fingerprint density at radius 1 is 1.47 bits per heavy atom. The zero-order valence-electron chi connectivity index (χ0n) is 10.7. The summed E-state index contributed by atoms with van der Waals surface area (Å²) in [6.45, 7) is 1.20. The fourth-order valence-electron chi connectivity index (χ4n) is 1.60. The lowest BCUT2D eigenvalue weighted by Crippen LogP contribution is -2.41. The van der Waals surface area contributed by atoms with Crippen molar-refractivity contribution in [3.63, 3.8) is 0 Å². The zero-order valence-corrected chi connectivity index (χ0v) is 10.7. The summed E-state index contributed by atoms with van der Waals surface area (Å²) in [4.78, 5) is 15.3. The minimum absolute atomic E-state index is 0.0554. The van der Waals surface area contributed by atoms with E-state index in [1.165, 1.54) is 0 Å². The molecular formula is C12H21N3O2. The monoisotopic (exact) mass is 239 g/mol. The molecule has 1 aromatic heterocycles. The third-order valence-electron chi connectivity index (χ3n) is 2.82. The summed E-state index contributed by atoms with van der Waals surface area (Å²) < 4.78 is 5.01. The van der Waals surface area contributed by atoms with Crippen LogP contribution in [-0.2, 0) is 11.3 Å². The first-order valence-corrected chi connectivity index (χ1v) is 5.66. The van der Waals surface area contributed by atoms with Gasteiger partial charge < -0.3 is 15.1 Å². The van der Waals surface area contributed by atoms with Crippen molar-refractivity contribution in [1.29, 1.82) is 0 Å². The van der Waals surface area contributed by atoms with Crippen molar-refractivity contribution in [2.75, 3.05) is 27.7 Å². The number of amides is 1. The molecule has 0 saturated carbocycles. The smallest absolute Gasteiger partial charge is 0.223 e. The van der Waals surface area contributed by atoms with Gasteiger partial charge in [-0.1, -0.05) is 0 Å². The topological polar surface area (TPSA) is 62.7 Å². The number of likely N-dealkylation sites (N-methyl/N-ethyl adjacent to an activating group) is 1. The van der Waals surface area contributed by atoms with E-state index >= 15 is 0 Å². The van der Waals surface area contributed by atoms with E-state index < -0.39 is 0 Å². The van der Waals surface area contributed by atoms with Crippen molar-refractivity contribution in [2.24, 2.45) is 5.73 Å². The van der Waals surface area contributed by atoms with Gasteiger partial charge in [0.2, 0.25) is 5.91 Å². The second-order valence-electron chi connectivity index (χ2n) is 4.43. The number of nitrogens with zero attached hydrogens (tertiary/aromatic N) is 2. The molecule has 0 aliphatic carbocycles. The highest BCUT2D eigenvalue weighted by molar-refractivity contribution is 5.76. The third-order valence-corrected chi connectivity index (χ3v) is 2.82. The second-order valence-corrected chi connectivity index (χ2v) is 4.43. The van der Waals surface area contributed by atoms with Gasteiger partial charge in [-0.3, -0.25) is 9.69 Å². The predicted octanol–water partition coefficient (Wildman–Crippen LogP) is 0.517. The lowest BCUT2D eigenvalue weighted by molar-refractivity contribution is -0.129. The first kappa shape index (κ1) is 13.7. The molecule has 5 heteroatoms. The Hall–Kier alpha value is -1.33. The average Bonchev–Trinajstić information content (AvgIpc) is 2.77. The van der Waals surface area contributed by atoms with E-state index in [1.807, 2.05) is 13.1 Å². The van der Waals surface area contributed by atoms with Crippen LogP contribution in [0, 0.1) is 0 Å². The van der Waals surface area contributed by atoms with Crippen LogP contribution in [0.3, 0.4) is 0 Å². The van der Waals surface area contributed by atoms with E-state index in [9.17, 15) is 4.79 Å². The molecule has 0 aliphatic rings. The minimum Gasteiger partial charge on any atom is -0.472 e. The number of nitrogens with two attached hydrogens (primary N) is 1. The van der Waals surface area contributed by atoms with Crippen LogP contribution in [0.5, 0.6) is 0 Å². The summed E-state index contributed by atoms with van der Waals surface area (Å²) in [6, 6.07) is 1.97. The van der Waals surface area contributed by atoms with E-state index in [2.05, 4.69) is 4.90 Å². The van der Waals surface area contributed by atoms with Crippen molar-refractivity contribution in [1.82, 2.24) is 9.80 Å². The Balaban J connectivity index is 2.52. The molecule has 0 fully saturated rings. The highest BCUT2D eigenvalue weighted by Gasteiger charge is 2.18. The van der Waals surface area contributed by atoms with Gasteiger partial charge in [0.1, 0.15) is 0 Å². The lowest BCUT2D eigenvalue weighted by Gasteiger charge is -2.27. The van der Waals surface area contributed by atoms with Crippen molar-refractivity contribution in [2.45, 2.75) is 19.0 Å². The van der Waals surface area contributed by atoms with E-state index in [0.29, 0.717) is 13.0 Å². The number of hydrogen-bond donors (Lipinski definition) is 1. The lowest BCUT2D eigenvalue weighted by atomic mass is 10.1. The molecule has 0 aliphatic heterocycles. The van der Waals surface area contributed by atoms with Gasteiger partial charge in [-0.15, -0.1) is 0 Å². The molecule has 17 heavy (non-hydrogen) atoms. The van der Waals surface area contributed by atoms with Gasteiger partial charge in [-0.2, -0.15) is 0 Å². The maximum Gasteiger partial charge on any atom is 0.223 e. The normalized spacial score (nSPS) is 12.8. The summed E-state index contributed by atoms with van der Waals surface area (Å²) in [7, 11) is 5.48. The molecule has 1 rings (SSSR count). The molecular weight excluding hydrogens is 218 g/mol. The minimum atomic E-state index is 0.0554. The van der Waals surface area contributed by atoms with E-state index in [0.717, 1.165) is 12.1 Å². The first-order valence-electron chi connectivity index (χ1n) is 5.66. The molecule has 0 aromatic carbocycles. The highest BCUT2D eigenvalue weighted by Crippen LogP contribution is 2.09. The fraction of sp³-hybridized carbons (Fsp3) is 0.583. The number of hydrogen-bond acceptors (Lipinski definition) is 4. The van der Waals surface area contributed by atoms with Gasteiger partial charge in [-0.25, -0.2) is 0 Å². The fourth-order valence-corrected chi connectivity index (χ4v) is 1.60. The summed E-state index contributed by atoms with van der Waals surface area (Å²) >= 11 is 0. The molecule has 1 atom stereocenters. The SMILES string of the molecule is CN(C)C(=O)CC(CN)N(C)Cc1ccoc1. The molecule has 1 amide bonds. The van der Waals surface area contributed by atoms with Gasteiger partial charge in [-0.05, 0) is 13.1 Å². The molecule has 5 nitrogen and oxygen atoms in total. The maximum atomic E-state index is 11.6. The van der Waals surface area contributed by atoms with Gasteiger partial charge >= 0.3 is 0 Å². The van der Waals surface area contributed by atoms with E-state index in [1.54, 1.807) is 31.5 Å². The zero-order chi connectivity index (χ0) is 12.8. The Bertz CT molecular complexity index is 336. The molecule has 0 spiro atoms. The molecule has 0 saturated heterocycles. The number of rotatable bonds is 6. The third kappa shape index (κ3) is 4.20. The predicted molar refractivity (Wildman–Crippen MR) is 66.3 cm³/mol. The molecule has 1 aromatic rings. The molecule has 1 heterocycles. The van der Waals surface area contributed by atoms with Crippen molar-refractivity contribution >= 4 is 5.91 Å². The van der Waals surface area contributed by atoms with Gasteiger partial charge in [0.15, 0.2) is 0 Å². The molecule has 1 unspecified atom stereocenters. The van der Waals surface area contributed by atoms with Gasteiger partial charge in [0.25, 0.3) is 0 Å². The molecule has 0 bridgehead atoms. The highest BCUT2D eigenvalue weighted by atomic mass is 16.3. The summed E-state index contributed by atoms with van der Waals surface area (Å²) in [5.74, 6) is 0.0968. The first-order chi connectivity index (χ1) is 8.04.